The molecule has 0 aromatic heterocycles. The first kappa shape index (κ1) is 20.9. The third kappa shape index (κ3) is 5.42. The first-order valence-electron chi connectivity index (χ1n) is 8.40. The Morgan fingerprint density at radius 1 is 0.560 bits per heavy atom. The lowest BCUT2D eigenvalue weighted by Gasteiger charge is -2.19. The maximum absolute atomic E-state index is 13.8. The van der Waals surface area contributed by atoms with E-state index in [4.69, 9.17) is 0 Å². The van der Waals surface area contributed by atoms with Gasteiger partial charge in [0, 0.05) is 30.1 Å². The van der Waals surface area contributed by atoms with Crippen molar-refractivity contribution in [1.29, 1.82) is 0 Å². The Bertz CT molecular complexity index is 637. The van der Waals surface area contributed by atoms with Crippen molar-refractivity contribution in [3.63, 3.8) is 0 Å². The summed E-state index contributed by atoms with van der Waals surface area (Å²) in [6.45, 7) is 4.00. The molecule has 0 aliphatic carbocycles. The Morgan fingerprint density at radius 3 is 0.960 bits per heavy atom. The second kappa shape index (κ2) is 11.4. The van der Waals surface area contributed by atoms with Gasteiger partial charge in [-0.15, -0.1) is 0 Å². The molecule has 0 bridgehead atoms. The molecule has 0 atom stereocenters. The van der Waals surface area contributed by atoms with Crippen molar-refractivity contribution in [3.8, 4) is 0 Å². The summed E-state index contributed by atoms with van der Waals surface area (Å²) in [7, 11) is 0.474. The van der Waals surface area contributed by atoms with Gasteiger partial charge in [-0.25, -0.2) is 0 Å². The number of methoxy groups -OCH3 is 1. The monoisotopic (exact) mass is 354 g/mol. The highest BCUT2D eigenvalue weighted by molar-refractivity contribution is 7.85. The molecule has 0 unspecified atom stereocenters. The van der Waals surface area contributed by atoms with Crippen LogP contribution in [0, 0.1) is 0 Å². The van der Waals surface area contributed by atoms with Gasteiger partial charge in [-0.05, 0) is 0 Å². The lowest BCUT2D eigenvalue weighted by atomic mass is 10.4. The van der Waals surface area contributed by atoms with Crippen LogP contribution in [0.4, 0.5) is 0 Å². The van der Waals surface area contributed by atoms with E-state index < -0.39 is 7.14 Å². The third-order valence-electron chi connectivity index (χ3n) is 3.36. The van der Waals surface area contributed by atoms with Crippen LogP contribution in [0.15, 0.2) is 91.0 Å². The summed E-state index contributed by atoms with van der Waals surface area (Å²) in [5.74, 6) is 0. The van der Waals surface area contributed by atoms with Crippen molar-refractivity contribution in [1.82, 2.24) is 0 Å². The topological polar surface area (TPSA) is 26.3 Å². The Balaban J connectivity index is 0.000000567. The molecule has 25 heavy (non-hydrogen) atoms. The fraction of sp³-hybridized carbons (Fsp3) is 0.182. The van der Waals surface area contributed by atoms with Crippen LogP contribution in [0.2, 0.25) is 0 Å². The van der Waals surface area contributed by atoms with Gasteiger partial charge in [0.1, 0.15) is 0 Å². The van der Waals surface area contributed by atoms with Crippen molar-refractivity contribution >= 4 is 23.1 Å². The smallest absolute Gasteiger partial charge is 0.171 e. The minimum absolute atomic E-state index is 0.873. The highest BCUT2D eigenvalue weighted by Crippen LogP contribution is 2.41. The number of benzene rings is 3. The largest absolute Gasteiger partial charge is 0.388 e. The van der Waals surface area contributed by atoms with Gasteiger partial charge in [-0.1, -0.05) is 105 Å². The summed E-state index contributed by atoms with van der Waals surface area (Å²) in [6.07, 6.45) is 0. The lowest BCUT2D eigenvalue weighted by Crippen LogP contribution is -2.24. The summed E-state index contributed by atoms with van der Waals surface area (Å²) in [5, 5.41) is 2.62. The van der Waals surface area contributed by atoms with Crippen LogP contribution in [0.3, 0.4) is 0 Å². The van der Waals surface area contributed by atoms with Crippen LogP contribution in [-0.2, 0) is 9.30 Å². The van der Waals surface area contributed by atoms with E-state index in [1.807, 2.05) is 105 Å². The maximum Gasteiger partial charge on any atom is 0.171 e. The molecule has 0 aliphatic heterocycles. The van der Waals surface area contributed by atoms with E-state index in [0.29, 0.717) is 0 Å². The Hall–Kier alpha value is -2.15. The van der Waals surface area contributed by atoms with E-state index in [2.05, 4.69) is 4.74 Å². The zero-order valence-electron chi connectivity index (χ0n) is 15.4. The van der Waals surface area contributed by atoms with Gasteiger partial charge in [-0.3, -0.25) is 0 Å². The van der Waals surface area contributed by atoms with Crippen LogP contribution in [0.25, 0.3) is 0 Å². The van der Waals surface area contributed by atoms with E-state index in [1.54, 1.807) is 14.2 Å². The molecule has 0 heterocycles. The molecule has 0 saturated heterocycles. The lowest BCUT2D eigenvalue weighted by molar-refractivity contribution is 0.277. The van der Waals surface area contributed by atoms with Gasteiger partial charge >= 0.3 is 0 Å². The van der Waals surface area contributed by atoms with Crippen molar-refractivity contribution in [2.75, 3.05) is 14.2 Å². The normalized spacial score (nSPS) is 9.92. The SMILES string of the molecule is CC.COC.O=P(c1ccccc1)(c1ccccc1)c1ccccc1. The average molecular weight is 354 g/mol. The highest BCUT2D eigenvalue weighted by atomic mass is 31.2. The number of hydrogen-bond acceptors (Lipinski definition) is 2. The van der Waals surface area contributed by atoms with Gasteiger partial charge in [0.25, 0.3) is 0 Å². The minimum Gasteiger partial charge on any atom is -0.388 e. The predicted octanol–water partition coefficient (Wildman–Crippen LogP) is 4.61. The second-order valence-corrected chi connectivity index (χ2v) is 7.79. The van der Waals surface area contributed by atoms with E-state index >= 15 is 0 Å². The third-order valence-corrected chi connectivity index (χ3v) is 6.44. The maximum atomic E-state index is 13.8. The highest BCUT2D eigenvalue weighted by Gasteiger charge is 2.28. The second-order valence-electron chi connectivity index (χ2n) is 5.02. The number of hydrogen-bond donors (Lipinski definition) is 0. The summed E-state index contributed by atoms with van der Waals surface area (Å²) in [5.41, 5.74) is 0. The molecule has 0 spiro atoms. The van der Waals surface area contributed by atoms with Crippen molar-refractivity contribution < 1.29 is 9.30 Å². The van der Waals surface area contributed by atoms with Crippen LogP contribution < -0.4 is 15.9 Å². The quantitative estimate of drug-likeness (QED) is 0.642. The molecule has 0 saturated carbocycles. The van der Waals surface area contributed by atoms with E-state index in [1.165, 1.54) is 0 Å². The molecule has 0 amide bonds. The first-order valence-corrected chi connectivity index (χ1v) is 10.1. The predicted molar refractivity (Wildman–Crippen MR) is 110 cm³/mol. The fourth-order valence-corrected chi connectivity index (χ4v) is 5.03. The molecule has 0 N–H and O–H groups in total. The molecule has 2 nitrogen and oxygen atoms in total. The van der Waals surface area contributed by atoms with Crippen LogP contribution in [0.5, 0.6) is 0 Å². The van der Waals surface area contributed by atoms with Crippen LogP contribution >= 0.6 is 7.14 Å². The molecule has 3 rings (SSSR count). The summed E-state index contributed by atoms with van der Waals surface area (Å²) in [6, 6.07) is 29.1. The molecule has 3 heteroatoms. The average Bonchev–Trinajstić information content (AvgIpc) is 2.71. The van der Waals surface area contributed by atoms with Crippen molar-refractivity contribution in [2.24, 2.45) is 0 Å². The number of rotatable bonds is 3. The molecule has 0 aliphatic rings. The Morgan fingerprint density at radius 2 is 0.760 bits per heavy atom. The van der Waals surface area contributed by atoms with Gasteiger partial charge in [0.05, 0.1) is 0 Å². The minimum atomic E-state index is -2.78. The molecule has 3 aromatic carbocycles. The van der Waals surface area contributed by atoms with Crippen molar-refractivity contribution in [2.45, 2.75) is 13.8 Å². The zero-order chi connectivity index (χ0) is 18.5. The van der Waals surface area contributed by atoms with Gasteiger partial charge < -0.3 is 9.30 Å². The summed E-state index contributed by atoms with van der Waals surface area (Å²) < 4.78 is 18.1. The standard InChI is InChI=1S/C18H15OP.C2H6O.C2H6/c19-20(16-10-4-1-5-11-16,17-12-6-2-7-13-17)18-14-8-3-9-15-18;1-3-2;1-2/h1-15H;1-2H3;1-2H3. The Kier molecular flexibility index (Phi) is 9.54. The fourth-order valence-electron chi connectivity index (χ4n) is 2.36. The molecule has 132 valence electrons. The molecular weight excluding hydrogens is 327 g/mol. The van der Waals surface area contributed by atoms with E-state index in [-0.39, 0.29) is 0 Å². The zero-order valence-corrected chi connectivity index (χ0v) is 16.3. The molecule has 3 aromatic rings. The van der Waals surface area contributed by atoms with Crippen molar-refractivity contribution in [3.05, 3.63) is 91.0 Å². The van der Waals surface area contributed by atoms with Crippen LogP contribution in [0.1, 0.15) is 13.8 Å². The molecular formula is C22H27O2P. The number of ether oxygens (including phenoxy) is 1. The van der Waals surface area contributed by atoms with Gasteiger partial charge in [-0.2, -0.15) is 0 Å². The molecule has 0 radical (unpaired) electrons. The summed E-state index contributed by atoms with van der Waals surface area (Å²) >= 11 is 0. The van der Waals surface area contributed by atoms with E-state index in [0.717, 1.165) is 15.9 Å². The first-order chi connectivity index (χ1) is 12.2. The van der Waals surface area contributed by atoms with Gasteiger partial charge in [0.15, 0.2) is 7.14 Å². The van der Waals surface area contributed by atoms with Gasteiger partial charge in [0.2, 0.25) is 0 Å². The van der Waals surface area contributed by atoms with E-state index in [9.17, 15) is 4.57 Å². The Labute approximate surface area is 151 Å². The molecule has 0 fully saturated rings. The summed E-state index contributed by atoms with van der Waals surface area (Å²) in [4.78, 5) is 0. The van der Waals surface area contributed by atoms with Crippen LogP contribution in [-0.4, -0.2) is 14.2 Å².